The van der Waals surface area contributed by atoms with Crippen LogP contribution in [0.4, 0.5) is 5.69 Å². The molecular formula is C19H19ClN4O. The van der Waals surface area contributed by atoms with E-state index in [0.29, 0.717) is 5.02 Å². The molecule has 5 nitrogen and oxygen atoms in total. The summed E-state index contributed by atoms with van der Waals surface area (Å²) in [6.07, 6.45) is 1.62. The monoisotopic (exact) mass is 354 g/mol. The molecule has 1 atom stereocenters. The quantitative estimate of drug-likeness (QED) is 0.914. The molecule has 25 heavy (non-hydrogen) atoms. The van der Waals surface area contributed by atoms with Gasteiger partial charge in [0, 0.05) is 36.0 Å². The van der Waals surface area contributed by atoms with Crippen LogP contribution in [0, 0.1) is 0 Å². The molecule has 2 aromatic rings. The Morgan fingerprint density at radius 1 is 1.20 bits per heavy atom. The van der Waals surface area contributed by atoms with E-state index in [1.165, 1.54) is 0 Å². The Balaban J connectivity index is 1.95. The number of halogens is 1. The molecule has 1 N–H and O–H groups in total. The first-order valence-corrected chi connectivity index (χ1v) is 8.59. The number of rotatable bonds is 3. The number of nitrogens with zero attached hydrogens (tertiary/aromatic N) is 3. The number of fused-ring (bicyclic) bond motifs is 3. The van der Waals surface area contributed by atoms with E-state index in [1.54, 1.807) is 7.11 Å². The molecule has 0 aliphatic carbocycles. The smallest absolute Gasteiger partial charge is 0.192 e. The van der Waals surface area contributed by atoms with E-state index in [2.05, 4.69) is 12.5 Å². The SMILES string of the molecule is CCN1C=C2C(OC)N=C(c3ccccc3)c3cc(Cl)ccc3N2N1. The van der Waals surface area contributed by atoms with Gasteiger partial charge in [-0.1, -0.05) is 41.9 Å². The molecule has 2 aromatic carbocycles. The van der Waals surface area contributed by atoms with Gasteiger partial charge >= 0.3 is 0 Å². The fraction of sp³-hybridized carbons (Fsp3) is 0.211. The summed E-state index contributed by atoms with van der Waals surface area (Å²) in [7, 11) is 1.67. The zero-order valence-electron chi connectivity index (χ0n) is 14.1. The third-order valence-electron chi connectivity index (χ3n) is 4.34. The van der Waals surface area contributed by atoms with Crippen LogP contribution in [0.1, 0.15) is 18.1 Å². The van der Waals surface area contributed by atoms with Crippen molar-refractivity contribution in [2.24, 2.45) is 4.99 Å². The first-order chi connectivity index (χ1) is 12.2. The minimum atomic E-state index is -0.412. The van der Waals surface area contributed by atoms with Crippen LogP contribution in [0.3, 0.4) is 0 Å². The molecule has 0 spiro atoms. The highest BCUT2D eigenvalue weighted by Gasteiger charge is 2.33. The van der Waals surface area contributed by atoms with Gasteiger partial charge in [-0.2, -0.15) is 0 Å². The number of aliphatic imine (C=N–C) groups is 1. The molecule has 0 amide bonds. The van der Waals surface area contributed by atoms with Gasteiger partial charge in [0.2, 0.25) is 0 Å². The van der Waals surface area contributed by atoms with Gasteiger partial charge in [-0.05, 0) is 25.1 Å². The van der Waals surface area contributed by atoms with Crippen LogP contribution in [0.2, 0.25) is 5.02 Å². The molecule has 0 fully saturated rings. The van der Waals surface area contributed by atoms with E-state index in [-0.39, 0.29) is 0 Å². The second-order valence-electron chi connectivity index (χ2n) is 5.87. The summed E-state index contributed by atoms with van der Waals surface area (Å²) in [5.41, 5.74) is 8.17. The molecule has 0 aromatic heterocycles. The lowest BCUT2D eigenvalue weighted by Crippen LogP contribution is -2.42. The van der Waals surface area contributed by atoms with Crippen LogP contribution in [-0.4, -0.2) is 30.6 Å². The Labute approximate surface area is 152 Å². The molecular weight excluding hydrogens is 336 g/mol. The molecule has 0 saturated heterocycles. The minimum Gasteiger partial charge on any atom is -0.354 e. The largest absolute Gasteiger partial charge is 0.354 e. The normalized spacial score (nSPS) is 19.1. The van der Waals surface area contributed by atoms with Crippen molar-refractivity contribution in [3.63, 3.8) is 0 Å². The fourth-order valence-corrected chi connectivity index (χ4v) is 3.28. The number of hydrogen-bond donors (Lipinski definition) is 1. The van der Waals surface area contributed by atoms with Crippen molar-refractivity contribution in [3.8, 4) is 0 Å². The number of ether oxygens (including phenoxy) is 1. The summed E-state index contributed by atoms with van der Waals surface area (Å²) >= 11 is 6.30. The molecule has 0 saturated carbocycles. The molecule has 2 aliphatic rings. The number of anilines is 1. The van der Waals surface area contributed by atoms with E-state index in [0.717, 1.165) is 34.8 Å². The van der Waals surface area contributed by atoms with Crippen molar-refractivity contribution >= 4 is 23.0 Å². The second kappa shape index (κ2) is 6.52. The number of methoxy groups -OCH3 is 1. The average molecular weight is 355 g/mol. The van der Waals surface area contributed by atoms with Crippen LogP contribution < -0.4 is 10.5 Å². The van der Waals surface area contributed by atoms with E-state index in [4.69, 9.17) is 21.3 Å². The zero-order chi connectivity index (χ0) is 17.4. The van der Waals surface area contributed by atoms with Crippen LogP contribution >= 0.6 is 11.6 Å². The van der Waals surface area contributed by atoms with Gasteiger partial charge in [-0.15, -0.1) is 5.53 Å². The Bertz CT molecular complexity index is 850. The van der Waals surface area contributed by atoms with Crippen molar-refractivity contribution in [1.29, 1.82) is 0 Å². The van der Waals surface area contributed by atoms with Crippen LogP contribution in [0.5, 0.6) is 0 Å². The van der Waals surface area contributed by atoms with Gasteiger partial charge in [0.25, 0.3) is 0 Å². The summed E-state index contributed by atoms with van der Waals surface area (Å²) in [6.45, 7) is 2.91. The minimum absolute atomic E-state index is 0.412. The maximum Gasteiger partial charge on any atom is 0.192 e. The van der Waals surface area contributed by atoms with Gasteiger partial charge < -0.3 is 4.74 Å². The fourth-order valence-electron chi connectivity index (χ4n) is 3.11. The Kier molecular flexibility index (Phi) is 4.21. The van der Waals surface area contributed by atoms with E-state index >= 15 is 0 Å². The number of nitrogens with one attached hydrogen (secondary N) is 1. The predicted octanol–water partition coefficient (Wildman–Crippen LogP) is 3.57. The topological polar surface area (TPSA) is 40.1 Å². The van der Waals surface area contributed by atoms with Crippen LogP contribution in [0.15, 0.2) is 65.4 Å². The summed E-state index contributed by atoms with van der Waals surface area (Å²) in [5.74, 6) is 0. The van der Waals surface area contributed by atoms with E-state index in [9.17, 15) is 0 Å². The molecule has 2 heterocycles. The van der Waals surface area contributed by atoms with Gasteiger partial charge in [0.05, 0.1) is 11.4 Å². The molecule has 4 rings (SSSR count). The Morgan fingerprint density at radius 2 is 2.00 bits per heavy atom. The van der Waals surface area contributed by atoms with Crippen molar-refractivity contribution in [1.82, 2.24) is 10.5 Å². The molecule has 0 bridgehead atoms. The maximum absolute atomic E-state index is 6.30. The molecule has 1 unspecified atom stereocenters. The highest BCUT2D eigenvalue weighted by molar-refractivity contribution is 6.31. The summed E-state index contributed by atoms with van der Waals surface area (Å²) in [6, 6.07) is 16.0. The highest BCUT2D eigenvalue weighted by atomic mass is 35.5. The summed E-state index contributed by atoms with van der Waals surface area (Å²) in [5, 5.41) is 4.70. The summed E-state index contributed by atoms with van der Waals surface area (Å²) < 4.78 is 5.69. The number of hydrazine groups is 2. The lowest BCUT2D eigenvalue weighted by atomic mass is 10.0. The van der Waals surface area contributed by atoms with E-state index in [1.807, 2.05) is 64.7 Å². The van der Waals surface area contributed by atoms with E-state index < -0.39 is 6.23 Å². The standard InChI is InChI=1S/C19H19ClN4O/c1-3-23-12-17-19(25-2)21-18(13-7-5-4-6-8-13)15-11-14(20)9-10-16(15)24(17)22-23/h4-12,19,22H,3H2,1-2H3. The van der Waals surface area contributed by atoms with Gasteiger partial charge in [-0.25, -0.2) is 4.99 Å². The van der Waals surface area contributed by atoms with Crippen molar-refractivity contribution in [2.75, 3.05) is 18.7 Å². The predicted molar refractivity (Wildman–Crippen MR) is 100 cm³/mol. The maximum atomic E-state index is 6.30. The lowest BCUT2D eigenvalue weighted by molar-refractivity contribution is 0.137. The number of benzene rings is 2. The van der Waals surface area contributed by atoms with Crippen LogP contribution in [-0.2, 0) is 4.74 Å². The highest BCUT2D eigenvalue weighted by Crippen LogP contribution is 2.35. The molecule has 6 heteroatoms. The molecule has 128 valence electrons. The average Bonchev–Trinajstić information content (AvgIpc) is 3.02. The third-order valence-corrected chi connectivity index (χ3v) is 4.58. The Hall–Kier alpha value is -2.34. The van der Waals surface area contributed by atoms with Crippen LogP contribution in [0.25, 0.3) is 0 Å². The van der Waals surface area contributed by atoms with Crippen molar-refractivity contribution < 1.29 is 4.74 Å². The first-order valence-electron chi connectivity index (χ1n) is 8.22. The summed E-state index contributed by atoms with van der Waals surface area (Å²) in [4.78, 5) is 4.92. The lowest BCUT2D eigenvalue weighted by Gasteiger charge is -2.25. The second-order valence-corrected chi connectivity index (χ2v) is 6.31. The molecule has 2 aliphatic heterocycles. The van der Waals surface area contributed by atoms with Crippen molar-refractivity contribution in [2.45, 2.75) is 13.2 Å². The van der Waals surface area contributed by atoms with Gasteiger partial charge in [-0.3, -0.25) is 10.0 Å². The van der Waals surface area contributed by atoms with Gasteiger partial charge in [0.15, 0.2) is 6.23 Å². The van der Waals surface area contributed by atoms with Crippen molar-refractivity contribution in [3.05, 3.63) is 76.6 Å². The Morgan fingerprint density at radius 3 is 2.72 bits per heavy atom. The number of hydrogen-bond acceptors (Lipinski definition) is 5. The third kappa shape index (κ3) is 2.80. The molecule has 0 radical (unpaired) electrons. The zero-order valence-corrected chi connectivity index (χ0v) is 14.9. The van der Waals surface area contributed by atoms with Gasteiger partial charge in [0.1, 0.15) is 5.70 Å². The first kappa shape index (κ1) is 16.1.